The molecule has 12 aromatic rings. The molecule has 0 amide bonds. The van der Waals surface area contributed by atoms with Crippen LogP contribution in [0.5, 0.6) is 5.88 Å². The predicted molar refractivity (Wildman–Crippen MR) is 431 cm³/mol. The molecule has 0 saturated carbocycles. The first-order valence-corrected chi connectivity index (χ1v) is 38.6. The van der Waals surface area contributed by atoms with E-state index in [1.54, 1.807) is 55.8 Å². The molecule has 0 spiro atoms. The number of alkyl halides is 3. The number of carbonyl (C=O) groups is 6. The molecule has 1 aliphatic rings. The van der Waals surface area contributed by atoms with Gasteiger partial charge in [0.05, 0.1) is 70.7 Å². The number of carbonyl (C=O) groups excluding carboxylic acids is 6. The Kier molecular flexibility index (Phi) is 29.4. The molecule has 0 N–H and O–H groups in total. The van der Waals surface area contributed by atoms with E-state index in [9.17, 15) is 81.5 Å². The number of methoxy groups -OCH3 is 2. The number of aromatic nitrogens is 8. The van der Waals surface area contributed by atoms with Crippen molar-refractivity contribution in [2.45, 2.75) is 123 Å². The quantitative estimate of drug-likeness (QED) is 0.0301. The summed E-state index contributed by atoms with van der Waals surface area (Å²) in [5.74, 6) is -10.4. The van der Waals surface area contributed by atoms with Gasteiger partial charge in [-0.3, -0.25) is 53.1 Å². The maximum Gasteiger partial charge on any atom is 0.435 e. The highest BCUT2D eigenvalue weighted by Gasteiger charge is 2.38. The smallest absolute Gasteiger partial charge is 0.435 e. The number of rotatable bonds is 30. The van der Waals surface area contributed by atoms with Gasteiger partial charge in [0, 0.05) is 128 Å². The number of benzene rings is 6. The topological polar surface area (TPSA) is 232 Å². The van der Waals surface area contributed by atoms with Gasteiger partial charge in [0.25, 0.3) is 0 Å². The lowest BCUT2D eigenvalue weighted by atomic mass is 9.85. The van der Waals surface area contributed by atoms with E-state index >= 15 is 0 Å². The Morgan fingerprint density at radius 1 is 0.516 bits per heavy atom. The molecule has 30 heteroatoms. The molecule has 6 aromatic heterocycles. The average molecular weight is 1740 g/mol. The van der Waals surface area contributed by atoms with Gasteiger partial charge in [-0.2, -0.15) is 28.6 Å². The molecular weight excluding hydrogens is 1670 g/mol. The number of halogens is 13. The van der Waals surface area contributed by atoms with Crippen LogP contribution in [0, 0.1) is 70.6 Å². The molecule has 0 fully saturated rings. The minimum atomic E-state index is -4.76. The molecule has 0 radical (unpaired) electrons. The third-order valence-corrected chi connectivity index (χ3v) is 20.5. The lowest BCUT2D eigenvalue weighted by molar-refractivity contribution is -0.143. The maximum atomic E-state index is 14.3. The summed E-state index contributed by atoms with van der Waals surface area (Å²) in [4.78, 5) is 94.0. The highest BCUT2D eigenvalue weighted by molar-refractivity contribution is 9.10. The molecule has 3 atom stereocenters. The van der Waals surface area contributed by atoms with E-state index in [1.807, 2.05) is 25.1 Å². The molecule has 17 nitrogen and oxygen atoms in total. The first kappa shape index (κ1) is 89.8. The second-order valence-corrected chi connectivity index (χ2v) is 29.9. The van der Waals surface area contributed by atoms with Crippen molar-refractivity contribution in [3.8, 4) is 45.3 Å². The van der Waals surface area contributed by atoms with Crippen molar-refractivity contribution in [1.29, 1.82) is 5.26 Å². The number of aryl methyl sites for hydroxylation is 1. The molecule has 13 rings (SSSR count). The van der Waals surface area contributed by atoms with E-state index in [-0.39, 0.29) is 103 Å². The first-order valence-electron chi connectivity index (χ1n) is 37.8. The number of hydrogen-bond acceptors (Lipinski definition) is 15. The van der Waals surface area contributed by atoms with Crippen molar-refractivity contribution < 1.29 is 90.9 Å². The number of nitrogens with zero attached hydrogens (tertiary/aromatic N) is 9. The summed E-state index contributed by atoms with van der Waals surface area (Å²) in [5.41, 5.74) is 7.13. The van der Waals surface area contributed by atoms with Gasteiger partial charge in [0.1, 0.15) is 64.2 Å². The number of fused-ring (bicyclic) bond motifs is 1. The van der Waals surface area contributed by atoms with Gasteiger partial charge in [-0.05, 0) is 211 Å². The summed E-state index contributed by atoms with van der Waals surface area (Å²) < 4.78 is 180. The van der Waals surface area contributed by atoms with Crippen LogP contribution in [-0.2, 0) is 70.7 Å². The molecule has 6 aromatic carbocycles. The van der Waals surface area contributed by atoms with Crippen molar-refractivity contribution in [2.75, 3.05) is 14.2 Å². The number of Topliss-reactive ketones (excluding diaryl/α,β-unsaturated/α-hetero) is 6. The van der Waals surface area contributed by atoms with Gasteiger partial charge in [-0.15, -0.1) is 0 Å². The van der Waals surface area contributed by atoms with Crippen molar-refractivity contribution in [3.63, 3.8) is 0 Å². The predicted octanol–water partition coefficient (Wildman–Crippen LogP) is 20.3. The Morgan fingerprint density at radius 2 is 0.902 bits per heavy atom. The SMILES string of the molecule is CC(=O)c1cc(-c2cccnc2[C@@H](CC(=O)Cn2cc(Br)c(C#N)n2)Cc2cc(F)cc(F)c2)ccc1F.COCc1cn(CC(=O)C[C@@H](Cc2cc(F)cc(F)c2)c2ncccc2-c2ccc(F)c(C(C)=O)c2)nc1C(F)(F)F.COc1nc2c(cc1C)CC=C2CC(=O)C[C@@H](Cc1cc(F)cc(F)c1)c1ncccc1-c1ccc(F)c(C(C)=O)c1. The molecule has 0 unspecified atom stereocenters. The van der Waals surface area contributed by atoms with Crippen LogP contribution in [0.25, 0.3) is 39.0 Å². The Bertz CT molecular complexity index is 6020. The molecule has 6 heterocycles. The highest BCUT2D eigenvalue weighted by atomic mass is 79.9. The highest BCUT2D eigenvalue weighted by Crippen LogP contribution is 2.41. The number of ketones is 6. The third kappa shape index (κ3) is 22.9. The Hall–Kier alpha value is -13.0. The summed E-state index contributed by atoms with van der Waals surface area (Å²) in [7, 11) is 2.78. The minimum Gasteiger partial charge on any atom is -0.481 e. The second kappa shape index (κ2) is 39.9. The molecule has 122 heavy (non-hydrogen) atoms. The number of allylic oxidation sites excluding steroid dienone is 2. The lowest BCUT2D eigenvalue weighted by Crippen LogP contribution is -2.18. The third-order valence-electron chi connectivity index (χ3n) is 19.9. The second-order valence-electron chi connectivity index (χ2n) is 29.0. The number of hydrogen-bond donors (Lipinski definition) is 0. The fraction of sp³-hybridized carbons (Fsp3) is 0.228. The molecule has 0 saturated heterocycles. The van der Waals surface area contributed by atoms with Crippen LogP contribution in [0.1, 0.15) is 163 Å². The Morgan fingerprint density at radius 3 is 1.25 bits per heavy atom. The van der Waals surface area contributed by atoms with Crippen molar-refractivity contribution in [3.05, 3.63) is 330 Å². The number of nitriles is 1. The zero-order valence-corrected chi connectivity index (χ0v) is 67.7. The van der Waals surface area contributed by atoms with Gasteiger partial charge in [-0.1, -0.05) is 42.5 Å². The van der Waals surface area contributed by atoms with E-state index < -0.39 is 112 Å². The maximum absolute atomic E-state index is 14.3. The fourth-order valence-electron chi connectivity index (χ4n) is 14.7. The van der Waals surface area contributed by atoms with E-state index in [0.717, 1.165) is 63.6 Å². The fourth-order valence-corrected chi connectivity index (χ4v) is 15.1. The normalized spacial score (nSPS) is 12.4. The van der Waals surface area contributed by atoms with E-state index in [4.69, 9.17) is 14.7 Å². The van der Waals surface area contributed by atoms with Crippen LogP contribution in [-0.4, -0.2) is 88.4 Å². The summed E-state index contributed by atoms with van der Waals surface area (Å²) in [6.07, 6.45) is 4.97. The molecule has 0 aliphatic heterocycles. The van der Waals surface area contributed by atoms with Gasteiger partial charge < -0.3 is 9.47 Å². The van der Waals surface area contributed by atoms with Gasteiger partial charge in [0.2, 0.25) is 5.88 Å². The van der Waals surface area contributed by atoms with Gasteiger partial charge >= 0.3 is 6.18 Å². The van der Waals surface area contributed by atoms with Crippen molar-refractivity contribution in [1.82, 2.24) is 39.5 Å². The zero-order valence-electron chi connectivity index (χ0n) is 66.1. The molecular formula is C92H74BrF12N9O8. The first-order chi connectivity index (χ1) is 58.1. The van der Waals surface area contributed by atoms with Crippen LogP contribution in [0.2, 0.25) is 0 Å². The summed E-state index contributed by atoms with van der Waals surface area (Å²) in [5, 5.41) is 16.7. The van der Waals surface area contributed by atoms with Crippen LogP contribution >= 0.6 is 15.9 Å². The van der Waals surface area contributed by atoms with Crippen molar-refractivity contribution >= 4 is 56.2 Å². The van der Waals surface area contributed by atoms with E-state index in [1.165, 1.54) is 118 Å². The monoisotopic (exact) mass is 1740 g/mol. The largest absolute Gasteiger partial charge is 0.481 e. The Balaban J connectivity index is 0.000000179. The van der Waals surface area contributed by atoms with Gasteiger partial charge in [0.15, 0.2) is 40.3 Å². The molecule has 626 valence electrons. The Labute approximate surface area is 700 Å². The summed E-state index contributed by atoms with van der Waals surface area (Å²) in [6, 6.07) is 35.6. The van der Waals surface area contributed by atoms with Crippen LogP contribution in [0.15, 0.2) is 193 Å². The molecule has 1 aliphatic carbocycles. The lowest BCUT2D eigenvalue weighted by Gasteiger charge is -2.20. The zero-order chi connectivity index (χ0) is 88.0. The van der Waals surface area contributed by atoms with E-state index in [0.29, 0.717) is 84.4 Å². The van der Waals surface area contributed by atoms with E-state index in [2.05, 4.69) is 46.1 Å². The molecule has 0 bridgehead atoms. The minimum absolute atomic E-state index is 0.0264. The summed E-state index contributed by atoms with van der Waals surface area (Å²) in [6.45, 7) is 4.65. The standard InChI is InChI=1S/C34H29F3N2O3.C30H25F6N3O3.C28H20BrF3N4O2/c1-19-11-23-6-7-24(32(23)39-34(19)42-3)15-28(41)16-25(12-21-13-26(35)18-27(36)14-21)33-29(5-4-10-38-33)22-8-9-31(37)30(17-22)20(2)40;1-17(40)26-12-19(5-6-27(26)33)25-4-3-7-37-28(25)20(8-18-9-22(31)13-23(32)10-18)11-24(41)15-39-14-21(16-42-2)29(38-39)30(34,35)36;1-16(37)24-11-18(4-5-26(24)32)23-3-2-6-34-28(23)19(7-17-8-20(30)12-21(31)9-17)10-22(38)14-36-15-25(29)27(13-33)35-36/h4-5,7-11,13-14,17-18,25H,6,12,15-16H2,1-3H3;3-7,9-10,12-14,20H,8,11,15-16H2,1-2H3;2-6,8-9,11-12,15,19H,7,10,14H2,1H3/t25-;20-;19-/m111/s1. The average Bonchev–Trinajstić information content (AvgIpc) is 1.36. The number of ether oxygens (including phenoxy) is 2. The summed E-state index contributed by atoms with van der Waals surface area (Å²) >= 11 is 3.22. The van der Waals surface area contributed by atoms with Crippen molar-refractivity contribution in [2.24, 2.45) is 0 Å². The van der Waals surface area contributed by atoms with Gasteiger partial charge in [-0.25, -0.2) is 44.5 Å². The van der Waals surface area contributed by atoms with Crippen LogP contribution < -0.4 is 4.74 Å². The van der Waals surface area contributed by atoms with Crippen LogP contribution in [0.3, 0.4) is 0 Å². The number of pyridine rings is 4. The van der Waals surface area contributed by atoms with Crippen LogP contribution in [0.4, 0.5) is 52.7 Å².